The average molecular weight is 1060 g/mol. The Morgan fingerprint density at radius 1 is 0.539 bits per heavy atom. The molecule has 0 atom stereocenters. The molecular weight excluding hydrogens is 977 g/mol. The van der Waals surface area contributed by atoms with Crippen LogP contribution in [-0.2, 0) is 28.4 Å². The van der Waals surface area contributed by atoms with E-state index in [0.717, 1.165) is 45.8 Å². The normalized spacial score (nSPS) is 13.9. The molecule has 20 nitrogen and oxygen atoms in total. The van der Waals surface area contributed by atoms with Crippen LogP contribution in [-0.4, -0.2) is 124 Å². The van der Waals surface area contributed by atoms with E-state index in [2.05, 4.69) is 25.6 Å². The lowest BCUT2D eigenvalue weighted by Crippen LogP contribution is -2.53. The minimum Gasteiger partial charge on any atom is -0.444 e. The predicted molar refractivity (Wildman–Crippen MR) is 295 cm³/mol. The maximum atomic E-state index is 14.5. The van der Waals surface area contributed by atoms with Gasteiger partial charge in [-0.2, -0.15) is 0 Å². The Kier molecular flexibility index (Phi) is 22.5. The van der Waals surface area contributed by atoms with Gasteiger partial charge in [-0.15, -0.1) is 9.98 Å². The number of nitrogens with one attached hydrogen (secondary N) is 2. The number of carbonyl (C=O) groups is 6. The van der Waals surface area contributed by atoms with E-state index in [1.807, 2.05) is 45.0 Å². The summed E-state index contributed by atoms with van der Waals surface area (Å²) >= 11 is 0. The molecule has 1 aliphatic heterocycles. The van der Waals surface area contributed by atoms with E-state index in [9.17, 15) is 28.8 Å². The number of guanidine groups is 2. The topological polar surface area (TPSA) is 229 Å². The Labute approximate surface area is 450 Å². The molecule has 2 N–H and O–H groups in total. The van der Waals surface area contributed by atoms with Crippen molar-refractivity contribution in [1.82, 2.24) is 20.4 Å². The average Bonchev–Trinajstić information content (AvgIpc) is 3.23. The number of benzene rings is 2. The lowest BCUT2D eigenvalue weighted by molar-refractivity contribution is 0.0348. The highest BCUT2D eigenvalue weighted by atomic mass is 16.6. The number of ether oxygens (including phenoxy) is 6. The van der Waals surface area contributed by atoms with Crippen molar-refractivity contribution in [1.29, 1.82) is 0 Å². The van der Waals surface area contributed by atoms with E-state index in [4.69, 9.17) is 28.4 Å². The molecule has 1 heterocycles. The van der Waals surface area contributed by atoms with Crippen LogP contribution in [0.25, 0.3) is 11.1 Å². The molecule has 1 aliphatic rings. The molecule has 2 aromatic rings. The second-order valence-electron chi connectivity index (χ2n) is 24.3. The number of rotatable bonds is 12. The smallest absolute Gasteiger partial charge is 0.437 e. The predicted octanol–water partition coefficient (Wildman–Crippen LogP) is 12.8. The van der Waals surface area contributed by atoms with Crippen LogP contribution in [0.4, 0.5) is 34.5 Å². The third-order valence-corrected chi connectivity index (χ3v) is 9.81. The Morgan fingerprint density at radius 3 is 1.50 bits per heavy atom. The van der Waals surface area contributed by atoms with Crippen molar-refractivity contribution in [2.45, 2.75) is 203 Å². The number of aliphatic imine (C=N–C) groups is 3. The second-order valence-corrected chi connectivity index (χ2v) is 24.3. The van der Waals surface area contributed by atoms with Gasteiger partial charge in [-0.3, -0.25) is 15.2 Å². The standard InChI is InChI=1S/C56H86N8O12/c1-51(2,3)71-45(65)59-43(60-46(66)72-52(4,5)6)58-34-23-21-19-20-22-24-36-63(49(69)75-55(13,14)15)44(61-47(67)73-53(7,8)9)64(50(70)76-56(16,17)18)41-32-30-39(31-33-41)38-26-28-40(29-27-38)42-57-35-25-37-62(42)48(68)74-54(10,11)12/h26-33H,19-25,34-37H2,1-18H3,(H2,58,59,60,65,66)/b61-44+. The zero-order valence-corrected chi connectivity index (χ0v) is 48.5. The molecule has 422 valence electrons. The first kappa shape index (κ1) is 63.6. The largest absolute Gasteiger partial charge is 0.444 e. The highest BCUT2D eigenvalue weighted by molar-refractivity contribution is 6.19. The Morgan fingerprint density at radius 2 is 0.987 bits per heavy atom. The summed E-state index contributed by atoms with van der Waals surface area (Å²) in [7, 11) is 0. The van der Waals surface area contributed by atoms with Crippen molar-refractivity contribution in [3.63, 3.8) is 0 Å². The lowest BCUT2D eigenvalue weighted by atomic mass is 10.0. The summed E-state index contributed by atoms with van der Waals surface area (Å²) < 4.78 is 33.8. The molecule has 3 rings (SSSR count). The molecule has 0 aliphatic carbocycles. The van der Waals surface area contributed by atoms with Crippen molar-refractivity contribution in [2.75, 3.05) is 31.1 Å². The SMILES string of the molecule is CC(C)(C)OC(=O)/N=C(/NCCCCCCCCN(C(=O)OC(C)(C)C)/C(=N\C(=O)OC(C)(C)C)N(C(=O)OC(C)(C)C)c1ccc(-c2ccc(C3=NCCCN3C(=O)OC(C)(C)C)cc2)cc1)NC(=O)OC(C)(C)C. The minimum absolute atomic E-state index is 0.0146. The molecule has 20 heteroatoms. The maximum absolute atomic E-state index is 14.5. The first-order valence-corrected chi connectivity index (χ1v) is 26.1. The van der Waals surface area contributed by atoms with Crippen molar-refractivity contribution in [2.24, 2.45) is 15.0 Å². The molecule has 2 aromatic carbocycles. The Hall–Kier alpha value is -6.73. The van der Waals surface area contributed by atoms with E-state index >= 15 is 0 Å². The molecule has 0 unspecified atom stereocenters. The number of alkyl carbamates (subject to hydrolysis) is 1. The summed E-state index contributed by atoms with van der Waals surface area (Å²) in [6, 6.07) is 14.5. The van der Waals surface area contributed by atoms with Crippen LogP contribution in [0.3, 0.4) is 0 Å². The Balaban J connectivity index is 1.93. The van der Waals surface area contributed by atoms with Gasteiger partial charge in [-0.1, -0.05) is 62.1 Å². The number of anilines is 1. The zero-order valence-electron chi connectivity index (χ0n) is 48.5. The fraction of sp³-hybridized carbons (Fsp3) is 0.625. The number of unbranched alkanes of at least 4 members (excludes halogenated alkanes) is 5. The van der Waals surface area contributed by atoms with Gasteiger partial charge < -0.3 is 33.7 Å². The van der Waals surface area contributed by atoms with Crippen molar-refractivity contribution in [3.8, 4) is 11.1 Å². The molecule has 0 fully saturated rings. The molecule has 0 bridgehead atoms. The zero-order chi connectivity index (χ0) is 57.5. The summed E-state index contributed by atoms with van der Waals surface area (Å²) in [6.07, 6.45) is -0.263. The van der Waals surface area contributed by atoms with Crippen molar-refractivity contribution in [3.05, 3.63) is 54.1 Å². The van der Waals surface area contributed by atoms with Gasteiger partial charge in [0.2, 0.25) is 11.9 Å². The van der Waals surface area contributed by atoms with Gasteiger partial charge >= 0.3 is 36.6 Å². The first-order valence-electron chi connectivity index (χ1n) is 26.1. The molecule has 0 saturated carbocycles. The molecule has 76 heavy (non-hydrogen) atoms. The van der Waals surface area contributed by atoms with E-state index < -0.39 is 70.2 Å². The molecule has 0 spiro atoms. The van der Waals surface area contributed by atoms with E-state index in [1.165, 1.54) is 0 Å². The molecule has 0 radical (unpaired) electrons. The summed E-state index contributed by atoms with van der Waals surface area (Å²) in [5.41, 5.74) is -2.65. The van der Waals surface area contributed by atoms with Gasteiger partial charge in [-0.25, -0.2) is 38.6 Å². The van der Waals surface area contributed by atoms with Gasteiger partial charge in [0.1, 0.15) is 39.4 Å². The molecule has 6 amide bonds. The lowest BCUT2D eigenvalue weighted by Gasteiger charge is -2.34. The van der Waals surface area contributed by atoms with E-state index in [0.29, 0.717) is 51.2 Å². The first-order chi connectivity index (χ1) is 34.9. The molecule has 0 saturated heterocycles. The number of hydrogen-bond donors (Lipinski definition) is 2. The summed E-state index contributed by atoms with van der Waals surface area (Å²) in [5, 5.41) is 5.48. The molecular formula is C56H86N8O12. The van der Waals surface area contributed by atoms with Gasteiger partial charge in [0.25, 0.3) is 0 Å². The summed E-state index contributed by atoms with van der Waals surface area (Å²) in [6.45, 7) is 32.4. The number of nitrogens with zero attached hydrogens (tertiary/aromatic N) is 6. The highest BCUT2D eigenvalue weighted by Crippen LogP contribution is 2.29. The van der Waals surface area contributed by atoms with Gasteiger partial charge in [0, 0.05) is 31.7 Å². The van der Waals surface area contributed by atoms with Crippen LogP contribution in [0.15, 0.2) is 63.5 Å². The van der Waals surface area contributed by atoms with Gasteiger partial charge in [0.05, 0.1) is 5.69 Å². The third-order valence-electron chi connectivity index (χ3n) is 9.81. The maximum Gasteiger partial charge on any atom is 0.437 e. The summed E-state index contributed by atoms with van der Waals surface area (Å²) in [5.74, 6) is 0.0473. The van der Waals surface area contributed by atoms with Crippen LogP contribution in [0.1, 0.15) is 175 Å². The van der Waals surface area contributed by atoms with Crippen LogP contribution >= 0.6 is 0 Å². The van der Waals surface area contributed by atoms with Crippen molar-refractivity contribution >= 4 is 60.0 Å². The monoisotopic (exact) mass is 1060 g/mol. The van der Waals surface area contributed by atoms with Gasteiger partial charge in [0.15, 0.2) is 0 Å². The number of amidine groups is 1. The highest BCUT2D eigenvalue weighted by Gasteiger charge is 2.37. The number of amides is 6. The molecule has 0 aromatic heterocycles. The van der Waals surface area contributed by atoms with E-state index in [1.54, 1.807) is 133 Å². The third kappa shape index (κ3) is 24.3. The van der Waals surface area contributed by atoms with Crippen LogP contribution in [0.2, 0.25) is 0 Å². The Bertz CT molecular complexity index is 2390. The van der Waals surface area contributed by atoms with Crippen LogP contribution < -0.4 is 15.5 Å². The van der Waals surface area contributed by atoms with Crippen LogP contribution in [0, 0.1) is 0 Å². The fourth-order valence-electron chi connectivity index (χ4n) is 6.96. The number of hydrogen-bond acceptors (Lipinski definition) is 13. The summed E-state index contributed by atoms with van der Waals surface area (Å²) in [4.78, 5) is 97.4. The fourth-order valence-corrected chi connectivity index (χ4v) is 6.96. The van der Waals surface area contributed by atoms with Gasteiger partial charge in [-0.05, 0) is 167 Å². The quantitative estimate of drug-likeness (QED) is 0.0873. The van der Waals surface area contributed by atoms with E-state index in [-0.39, 0.29) is 24.2 Å². The minimum atomic E-state index is -1.05. The number of carbonyl (C=O) groups excluding carboxylic acids is 6. The second kappa shape index (κ2) is 26.8. The van der Waals surface area contributed by atoms with Crippen LogP contribution in [0.5, 0.6) is 0 Å². The van der Waals surface area contributed by atoms with Crippen molar-refractivity contribution < 1.29 is 57.2 Å².